The Balaban J connectivity index is 1.27. The number of likely N-dealkylation sites (tertiary alicyclic amines) is 1. The van der Waals surface area contributed by atoms with Crippen molar-refractivity contribution in [1.29, 1.82) is 0 Å². The summed E-state index contributed by atoms with van der Waals surface area (Å²) in [6.07, 6.45) is 14.7. The van der Waals surface area contributed by atoms with Gasteiger partial charge in [-0.3, -0.25) is 14.3 Å². The number of nitrogens with zero attached hydrogens (tertiary/aromatic N) is 4. The maximum absolute atomic E-state index is 13.9. The molecule has 1 unspecified atom stereocenters. The van der Waals surface area contributed by atoms with Gasteiger partial charge in [0.1, 0.15) is 18.7 Å². The number of carbonyl (C=O) groups is 2. The molecule has 3 fully saturated rings. The fourth-order valence-electron chi connectivity index (χ4n) is 6.90. The van der Waals surface area contributed by atoms with Crippen molar-refractivity contribution in [3.8, 4) is 0 Å². The quantitative estimate of drug-likeness (QED) is 0.502. The van der Waals surface area contributed by atoms with Gasteiger partial charge in [0.15, 0.2) is 0 Å². The van der Waals surface area contributed by atoms with Crippen LogP contribution in [0.3, 0.4) is 0 Å². The largest absolute Gasteiger partial charge is 0.344 e. The number of benzene rings is 1. The average molecular weight is 541 g/mol. The number of nitrogens with one attached hydrogen (secondary N) is 2. The highest BCUT2D eigenvalue weighted by atomic mass is 35.5. The maximum atomic E-state index is 13.9. The topological polar surface area (TPSA) is 92.2 Å². The second kappa shape index (κ2) is 12.6. The molecule has 0 bridgehead atoms. The molecule has 2 atom stereocenters. The zero-order valence-electron chi connectivity index (χ0n) is 22.3. The van der Waals surface area contributed by atoms with Crippen molar-refractivity contribution in [1.82, 2.24) is 30.3 Å². The van der Waals surface area contributed by atoms with Crippen LogP contribution in [0.15, 0.2) is 36.9 Å². The first-order chi connectivity index (χ1) is 18.5. The molecule has 3 heterocycles. The summed E-state index contributed by atoms with van der Waals surface area (Å²) in [5, 5.41) is 11.6. The molecule has 1 aromatic carbocycles. The lowest BCUT2D eigenvalue weighted by atomic mass is 9.63. The van der Waals surface area contributed by atoms with Crippen LogP contribution in [-0.4, -0.2) is 63.2 Å². The molecule has 2 aliphatic heterocycles. The minimum Gasteiger partial charge on any atom is -0.344 e. The van der Waals surface area contributed by atoms with Crippen molar-refractivity contribution in [2.24, 2.45) is 11.3 Å². The van der Waals surface area contributed by atoms with Crippen LogP contribution in [0.25, 0.3) is 0 Å². The van der Waals surface area contributed by atoms with E-state index >= 15 is 0 Å². The lowest BCUT2D eigenvalue weighted by Gasteiger charge is -2.48. The Bertz CT molecular complexity index is 1040. The van der Waals surface area contributed by atoms with Gasteiger partial charge in [0.2, 0.25) is 11.8 Å². The van der Waals surface area contributed by atoms with Crippen molar-refractivity contribution < 1.29 is 9.59 Å². The van der Waals surface area contributed by atoms with Gasteiger partial charge in [0, 0.05) is 43.5 Å². The fourth-order valence-corrected chi connectivity index (χ4v) is 7.03. The van der Waals surface area contributed by atoms with Gasteiger partial charge in [0.05, 0.1) is 0 Å². The molecule has 2 amide bonds. The summed E-state index contributed by atoms with van der Waals surface area (Å²) in [5.41, 5.74) is 1.13. The molecule has 206 valence electrons. The van der Waals surface area contributed by atoms with Gasteiger partial charge in [-0.25, -0.2) is 4.98 Å². The Hall–Kier alpha value is -2.45. The fraction of sp³-hybridized carbons (Fsp3) is 0.655. The lowest BCUT2D eigenvalue weighted by Crippen LogP contribution is -2.55. The summed E-state index contributed by atoms with van der Waals surface area (Å²) in [4.78, 5) is 33.0. The number of amides is 2. The first-order valence-corrected chi connectivity index (χ1v) is 14.8. The summed E-state index contributed by atoms with van der Waals surface area (Å²) in [5.74, 6) is 0.614. The monoisotopic (exact) mass is 540 g/mol. The predicted octanol–water partition coefficient (Wildman–Crippen LogP) is 3.99. The van der Waals surface area contributed by atoms with E-state index < -0.39 is 6.04 Å². The first-order valence-electron chi connectivity index (χ1n) is 14.4. The van der Waals surface area contributed by atoms with Crippen molar-refractivity contribution in [3.63, 3.8) is 0 Å². The Morgan fingerprint density at radius 2 is 1.84 bits per heavy atom. The number of halogens is 1. The first kappa shape index (κ1) is 27.1. The van der Waals surface area contributed by atoms with Crippen molar-refractivity contribution in [2.75, 3.05) is 19.6 Å². The molecule has 38 heavy (non-hydrogen) atoms. The van der Waals surface area contributed by atoms with E-state index in [0.29, 0.717) is 36.9 Å². The van der Waals surface area contributed by atoms with E-state index in [1.807, 2.05) is 40.2 Å². The van der Waals surface area contributed by atoms with Crippen LogP contribution >= 0.6 is 11.6 Å². The van der Waals surface area contributed by atoms with Crippen molar-refractivity contribution >= 4 is 23.4 Å². The number of carbonyl (C=O) groups excluding carboxylic acids is 2. The van der Waals surface area contributed by atoms with Crippen LogP contribution in [0.5, 0.6) is 0 Å². The summed E-state index contributed by atoms with van der Waals surface area (Å²) >= 11 is 6.09. The third kappa shape index (κ3) is 6.75. The highest BCUT2D eigenvalue weighted by molar-refractivity contribution is 6.30. The van der Waals surface area contributed by atoms with E-state index in [9.17, 15) is 9.59 Å². The molecule has 1 aromatic heterocycles. The van der Waals surface area contributed by atoms with Crippen molar-refractivity contribution in [2.45, 2.75) is 89.3 Å². The van der Waals surface area contributed by atoms with Crippen LogP contribution in [0.1, 0.15) is 69.8 Å². The number of rotatable bonds is 9. The molecule has 2 aromatic rings. The highest BCUT2D eigenvalue weighted by Crippen LogP contribution is 2.47. The average Bonchev–Trinajstić information content (AvgIpc) is 3.65. The van der Waals surface area contributed by atoms with Gasteiger partial charge < -0.3 is 15.5 Å². The molecule has 3 aliphatic rings. The van der Waals surface area contributed by atoms with E-state index in [1.54, 1.807) is 6.33 Å². The number of piperidine rings is 1. The molecule has 9 heteroatoms. The molecule has 0 spiro atoms. The van der Waals surface area contributed by atoms with E-state index in [-0.39, 0.29) is 23.3 Å². The molecule has 5 rings (SSSR count). The number of hydrogen-bond acceptors (Lipinski definition) is 5. The second-order valence-corrected chi connectivity index (χ2v) is 12.0. The third-order valence-electron chi connectivity index (χ3n) is 9.07. The van der Waals surface area contributed by atoms with Gasteiger partial charge >= 0.3 is 0 Å². The molecule has 0 radical (unpaired) electrons. The normalized spacial score (nSPS) is 22.8. The molecule has 8 nitrogen and oxygen atoms in total. The maximum Gasteiger partial charge on any atom is 0.245 e. The summed E-state index contributed by atoms with van der Waals surface area (Å²) in [6.45, 7) is 3.23. The van der Waals surface area contributed by atoms with E-state index in [1.165, 1.54) is 32.1 Å². The Morgan fingerprint density at radius 1 is 1.08 bits per heavy atom. The Kier molecular flexibility index (Phi) is 9.00. The van der Waals surface area contributed by atoms with Crippen molar-refractivity contribution in [3.05, 3.63) is 47.5 Å². The SMILES string of the molecule is O=C(CC1CCCN1)N[C@H](Cc1ccc(Cl)cc1)C(=O)N1CCC(Cn2cncn2)(C2CCCCC2)CC1. The van der Waals surface area contributed by atoms with Crippen LogP contribution < -0.4 is 10.6 Å². The lowest BCUT2D eigenvalue weighted by molar-refractivity contribution is -0.139. The zero-order chi connectivity index (χ0) is 26.4. The van der Waals surface area contributed by atoms with Gasteiger partial charge in [-0.1, -0.05) is 43.0 Å². The number of aromatic nitrogens is 3. The zero-order valence-corrected chi connectivity index (χ0v) is 23.0. The molecular formula is C29H41ClN6O2. The summed E-state index contributed by atoms with van der Waals surface area (Å²) < 4.78 is 1.98. The minimum atomic E-state index is -0.581. The summed E-state index contributed by atoms with van der Waals surface area (Å²) in [7, 11) is 0. The van der Waals surface area contributed by atoms with Gasteiger partial charge in [-0.15, -0.1) is 0 Å². The third-order valence-corrected chi connectivity index (χ3v) is 9.32. The van der Waals surface area contributed by atoms with E-state index in [4.69, 9.17) is 11.6 Å². The van der Waals surface area contributed by atoms with E-state index in [0.717, 1.165) is 44.3 Å². The van der Waals surface area contributed by atoms with Gasteiger partial charge in [-0.05, 0) is 74.1 Å². The predicted molar refractivity (Wildman–Crippen MR) is 148 cm³/mol. The highest BCUT2D eigenvalue weighted by Gasteiger charge is 2.43. The van der Waals surface area contributed by atoms with Crippen LogP contribution in [0, 0.1) is 11.3 Å². The molecular weight excluding hydrogens is 500 g/mol. The van der Waals surface area contributed by atoms with Crippen LogP contribution in [-0.2, 0) is 22.6 Å². The molecule has 2 saturated heterocycles. The Labute approximate surface area is 230 Å². The minimum absolute atomic E-state index is 0.0191. The summed E-state index contributed by atoms with van der Waals surface area (Å²) in [6, 6.07) is 7.18. The van der Waals surface area contributed by atoms with Gasteiger partial charge in [-0.2, -0.15) is 5.10 Å². The van der Waals surface area contributed by atoms with Crippen LogP contribution in [0.4, 0.5) is 0 Å². The number of hydrogen-bond donors (Lipinski definition) is 2. The molecule has 1 aliphatic carbocycles. The van der Waals surface area contributed by atoms with E-state index in [2.05, 4.69) is 20.7 Å². The Morgan fingerprint density at radius 3 is 2.50 bits per heavy atom. The molecule has 1 saturated carbocycles. The van der Waals surface area contributed by atoms with Crippen LogP contribution in [0.2, 0.25) is 5.02 Å². The van der Waals surface area contributed by atoms with Gasteiger partial charge in [0.25, 0.3) is 0 Å². The standard InChI is InChI=1S/C29H41ClN6O2/c30-24-10-8-22(9-11-24)17-26(34-27(37)18-25-7-4-14-32-25)28(38)35-15-12-29(13-16-35,19-36-21-31-20-33-36)23-5-2-1-3-6-23/h8-11,20-21,23,25-26,32H,1-7,12-19H2,(H,34,37)/t25?,26-/m1/s1. The smallest absolute Gasteiger partial charge is 0.245 e. The second-order valence-electron chi connectivity index (χ2n) is 11.6. The molecule has 2 N–H and O–H groups in total.